The maximum absolute atomic E-state index is 12.8. The van der Waals surface area contributed by atoms with Crippen molar-refractivity contribution < 1.29 is 9.18 Å². The summed E-state index contributed by atoms with van der Waals surface area (Å²) < 4.78 is 12.8. The van der Waals surface area contributed by atoms with Gasteiger partial charge in [-0.2, -0.15) is 0 Å². The Bertz CT molecular complexity index is 352. The van der Waals surface area contributed by atoms with Gasteiger partial charge in [0.15, 0.2) is 5.78 Å². The number of unbranched alkanes of at least 4 members (excludes halogenated alkanes) is 5. The van der Waals surface area contributed by atoms with Crippen LogP contribution in [0.15, 0.2) is 18.5 Å². The molecule has 0 saturated heterocycles. The zero-order valence-corrected chi connectivity index (χ0v) is 10.4. The van der Waals surface area contributed by atoms with E-state index in [9.17, 15) is 9.18 Å². The molecule has 0 N–H and O–H groups in total. The van der Waals surface area contributed by atoms with Gasteiger partial charge in [0.1, 0.15) is 5.82 Å². The lowest BCUT2D eigenvalue weighted by molar-refractivity contribution is 0.0978. The van der Waals surface area contributed by atoms with E-state index in [0.717, 1.165) is 19.0 Å². The summed E-state index contributed by atoms with van der Waals surface area (Å²) in [5.74, 6) is -0.453. The van der Waals surface area contributed by atoms with E-state index in [2.05, 4.69) is 11.9 Å². The zero-order chi connectivity index (χ0) is 12.5. The van der Waals surface area contributed by atoms with E-state index < -0.39 is 5.82 Å². The molecule has 1 heterocycles. The molecule has 0 bridgehead atoms. The molecule has 0 fully saturated rings. The summed E-state index contributed by atoms with van der Waals surface area (Å²) in [4.78, 5) is 15.4. The molecular formula is C14H20FNO. The summed E-state index contributed by atoms with van der Waals surface area (Å²) in [5.41, 5.74) is 0.388. The van der Waals surface area contributed by atoms with Gasteiger partial charge < -0.3 is 0 Å². The smallest absolute Gasteiger partial charge is 0.164 e. The van der Waals surface area contributed by atoms with Crippen molar-refractivity contribution in [3.05, 3.63) is 29.8 Å². The van der Waals surface area contributed by atoms with Gasteiger partial charge in [0, 0.05) is 18.2 Å². The minimum Gasteiger partial charge on any atom is -0.294 e. The Morgan fingerprint density at radius 2 is 1.88 bits per heavy atom. The second-order valence-electron chi connectivity index (χ2n) is 4.33. The fourth-order valence-corrected chi connectivity index (χ4v) is 1.77. The largest absolute Gasteiger partial charge is 0.294 e. The van der Waals surface area contributed by atoms with E-state index in [4.69, 9.17) is 0 Å². The van der Waals surface area contributed by atoms with Gasteiger partial charge in [0.05, 0.1) is 6.20 Å². The fourth-order valence-electron chi connectivity index (χ4n) is 1.77. The number of rotatable bonds is 8. The highest BCUT2D eigenvalue weighted by atomic mass is 19.1. The number of hydrogen-bond acceptors (Lipinski definition) is 2. The summed E-state index contributed by atoms with van der Waals surface area (Å²) in [6.45, 7) is 2.18. The Balaban J connectivity index is 2.21. The molecule has 17 heavy (non-hydrogen) atoms. The highest BCUT2D eigenvalue weighted by Gasteiger charge is 2.06. The van der Waals surface area contributed by atoms with E-state index in [1.165, 1.54) is 37.9 Å². The van der Waals surface area contributed by atoms with Gasteiger partial charge in [0.2, 0.25) is 0 Å². The second kappa shape index (κ2) is 7.93. The molecule has 0 radical (unpaired) electrons. The number of pyridine rings is 1. The quantitative estimate of drug-likeness (QED) is 0.502. The maximum atomic E-state index is 12.8. The van der Waals surface area contributed by atoms with Gasteiger partial charge >= 0.3 is 0 Å². The van der Waals surface area contributed by atoms with Crippen LogP contribution in [0.3, 0.4) is 0 Å². The standard InChI is InChI=1S/C14H20FNO/c1-2-3-4-5-6-7-8-14(17)12-9-13(15)11-16-10-12/h9-11H,2-8H2,1H3. The first-order valence-electron chi connectivity index (χ1n) is 6.37. The molecule has 0 amide bonds. The number of Topliss-reactive ketones (excluding diaryl/α,β-unsaturated/α-hetero) is 1. The van der Waals surface area contributed by atoms with Gasteiger partial charge in [-0.3, -0.25) is 9.78 Å². The average molecular weight is 237 g/mol. The number of nitrogens with zero attached hydrogens (tertiary/aromatic N) is 1. The lowest BCUT2D eigenvalue weighted by Crippen LogP contribution is -2.00. The zero-order valence-electron chi connectivity index (χ0n) is 10.4. The van der Waals surface area contributed by atoms with Gasteiger partial charge in [-0.05, 0) is 12.5 Å². The van der Waals surface area contributed by atoms with Crippen LogP contribution in [0.4, 0.5) is 4.39 Å². The van der Waals surface area contributed by atoms with Crippen LogP contribution in [0.25, 0.3) is 0 Å². The highest BCUT2D eigenvalue weighted by Crippen LogP contribution is 2.10. The first-order chi connectivity index (χ1) is 8.24. The topological polar surface area (TPSA) is 30.0 Å². The Hall–Kier alpha value is -1.25. The van der Waals surface area contributed by atoms with Gasteiger partial charge in [-0.15, -0.1) is 0 Å². The molecule has 2 nitrogen and oxygen atoms in total. The Morgan fingerprint density at radius 1 is 1.18 bits per heavy atom. The molecule has 3 heteroatoms. The summed E-state index contributed by atoms with van der Waals surface area (Å²) in [7, 11) is 0. The fraction of sp³-hybridized carbons (Fsp3) is 0.571. The summed E-state index contributed by atoms with van der Waals surface area (Å²) in [5, 5.41) is 0. The molecule has 0 saturated carbocycles. The number of ketones is 1. The average Bonchev–Trinajstić information content (AvgIpc) is 2.33. The molecule has 1 aromatic rings. The van der Waals surface area contributed by atoms with Crippen LogP contribution < -0.4 is 0 Å². The minimum atomic E-state index is -0.446. The van der Waals surface area contributed by atoms with E-state index in [1.54, 1.807) is 0 Å². The Kier molecular flexibility index (Phi) is 6.45. The molecule has 0 spiro atoms. The Morgan fingerprint density at radius 3 is 2.59 bits per heavy atom. The number of hydrogen-bond donors (Lipinski definition) is 0. The number of halogens is 1. The van der Waals surface area contributed by atoms with Crippen LogP contribution in [0.5, 0.6) is 0 Å². The van der Waals surface area contributed by atoms with Crippen molar-refractivity contribution in [2.24, 2.45) is 0 Å². The molecule has 0 aliphatic heterocycles. The van der Waals surface area contributed by atoms with Crippen molar-refractivity contribution in [2.45, 2.75) is 51.9 Å². The Labute approximate surface area is 102 Å². The van der Waals surface area contributed by atoms with Crippen molar-refractivity contribution >= 4 is 5.78 Å². The van der Waals surface area contributed by atoms with E-state index in [-0.39, 0.29) is 5.78 Å². The third kappa shape index (κ3) is 5.57. The molecule has 1 rings (SSSR count). The summed E-state index contributed by atoms with van der Waals surface area (Å²) >= 11 is 0. The van der Waals surface area contributed by atoms with Crippen molar-refractivity contribution in [2.75, 3.05) is 0 Å². The number of carbonyl (C=O) groups excluding carboxylic acids is 1. The molecule has 0 aromatic carbocycles. The van der Waals surface area contributed by atoms with Gasteiger partial charge in [-0.1, -0.05) is 39.0 Å². The molecule has 0 aliphatic rings. The molecule has 1 aromatic heterocycles. The molecule has 0 atom stereocenters. The molecular weight excluding hydrogens is 217 g/mol. The summed E-state index contributed by atoms with van der Waals surface area (Å²) in [6, 6.07) is 1.26. The monoisotopic (exact) mass is 237 g/mol. The third-order valence-electron chi connectivity index (χ3n) is 2.78. The summed E-state index contributed by atoms with van der Waals surface area (Å²) in [6.07, 6.45) is 9.93. The van der Waals surface area contributed by atoms with Gasteiger partial charge in [-0.25, -0.2) is 4.39 Å². The van der Waals surface area contributed by atoms with E-state index in [0.29, 0.717) is 12.0 Å². The minimum absolute atomic E-state index is 0.00695. The molecule has 0 unspecified atom stereocenters. The van der Waals surface area contributed by atoms with E-state index >= 15 is 0 Å². The molecule has 0 aliphatic carbocycles. The second-order valence-corrected chi connectivity index (χ2v) is 4.33. The van der Waals surface area contributed by atoms with Crippen LogP contribution in [0, 0.1) is 5.82 Å². The van der Waals surface area contributed by atoms with Gasteiger partial charge in [0.25, 0.3) is 0 Å². The first kappa shape index (κ1) is 13.8. The van der Waals surface area contributed by atoms with Crippen LogP contribution >= 0.6 is 0 Å². The predicted octanol–water partition coefficient (Wildman–Crippen LogP) is 4.15. The van der Waals surface area contributed by atoms with Crippen molar-refractivity contribution in [3.8, 4) is 0 Å². The third-order valence-corrected chi connectivity index (χ3v) is 2.78. The van der Waals surface area contributed by atoms with Crippen LogP contribution in [-0.2, 0) is 0 Å². The normalized spacial score (nSPS) is 10.5. The van der Waals surface area contributed by atoms with Crippen molar-refractivity contribution in [1.29, 1.82) is 0 Å². The van der Waals surface area contributed by atoms with Crippen molar-refractivity contribution in [1.82, 2.24) is 4.98 Å². The number of carbonyl (C=O) groups is 1. The molecule has 94 valence electrons. The number of aromatic nitrogens is 1. The first-order valence-corrected chi connectivity index (χ1v) is 6.37. The lowest BCUT2D eigenvalue weighted by Gasteiger charge is -2.01. The lowest BCUT2D eigenvalue weighted by atomic mass is 10.0. The van der Waals surface area contributed by atoms with Crippen LogP contribution in [0.2, 0.25) is 0 Å². The SMILES string of the molecule is CCCCCCCCC(=O)c1cncc(F)c1. The maximum Gasteiger partial charge on any atom is 0.164 e. The van der Waals surface area contributed by atoms with Crippen molar-refractivity contribution in [3.63, 3.8) is 0 Å². The van der Waals surface area contributed by atoms with Crippen LogP contribution in [-0.4, -0.2) is 10.8 Å². The van der Waals surface area contributed by atoms with E-state index in [1.807, 2.05) is 0 Å². The van der Waals surface area contributed by atoms with Crippen LogP contribution in [0.1, 0.15) is 62.2 Å². The highest BCUT2D eigenvalue weighted by molar-refractivity contribution is 5.95. The predicted molar refractivity (Wildman–Crippen MR) is 66.5 cm³/mol.